The summed E-state index contributed by atoms with van der Waals surface area (Å²) >= 11 is 1.90. The first-order valence-electron chi connectivity index (χ1n) is 4.99. The minimum absolute atomic E-state index is 0.928. The molecule has 1 rings (SSSR count). The van der Waals surface area contributed by atoms with Crippen LogP contribution in [0.4, 0.5) is 0 Å². The molecule has 3 heteroatoms. The lowest BCUT2D eigenvalue weighted by Gasteiger charge is -2.02. The summed E-state index contributed by atoms with van der Waals surface area (Å²) < 4.78 is 5.45. The maximum atomic E-state index is 5.45. The van der Waals surface area contributed by atoms with Gasteiger partial charge in [-0.25, -0.2) is 0 Å². The van der Waals surface area contributed by atoms with Gasteiger partial charge >= 0.3 is 0 Å². The molecule has 0 fully saturated rings. The molecule has 0 bridgehead atoms. The summed E-state index contributed by atoms with van der Waals surface area (Å²) in [5.74, 6) is 3.28. The average Bonchev–Trinajstić information content (AvgIpc) is 2.45. The molecule has 80 valence electrons. The van der Waals surface area contributed by atoms with Gasteiger partial charge in [0, 0.05) is 12.1 Å². The zero-order chi connectivity index (χ0) is 10.4. The summed E-state index contributed by atoms with van der Waals surface area (Å²) in [4.78, 5) is 0. The molecule has 0 saturated carbocycles. The molecule has 2 nitrogen and oxygen atoms in total. The second kappa shape index (κ2) is 6.14. The highest BCUT2D eigenvalue weighted by Gasteiger charge is 2.02. The van der Waals surface area contributed by atoms with Crippen molar-refractivity contribution in [2.45, 2.75) is 26.8 Å². The molecule has 0 aromatic carbocycles. The molecule has 0 saturated heterocycles. The Morgan fingerprint density at radius 1 is 1.43 bits per heavy atom. The van der Waals surface area contributed by atoms with Crippen LogP contribution in [-0.4, -0.2) is 18.6 Å². The topological polar surface area (TPSA) is 25.2 Å². The highest BCUT2D eigenvalue weighted by atomic mass is 32.2. The molecule has 0 amide bonds. The van der Waals surface area contributed by atoms with E-state index in [2.05, 4.69) is 17.6 Å². The summed E-state index contributed by atoms with van der Waals surface area (Å²) in [7, 11) is 0. The third-order valence-electron chi connectivity index (χ3n) is 2.16. The van der Waals surface area contributed by atoms with Crippen LogP contribution in [0.25, 0.3) is 0 Å². The van der Waals surface area contributed by atoms with Crippen molar-refractivity contribution in [2.24, 2.45) is 0 Å². The lowest BCUT2D eigenvalue weighted by atomic mass is 10.2. The van der Waals surface area contributed by atoms with Gasteiger partial charge in [0.05, 0.1) is 0 Å². The van der Waals surface area contributed by atoms with Gasteiger partial charge in [0.15, 0.2) is 0 Å². The van der Waals surface area contributed by atoms with Gasteiger partial charge < -0.3 is 9.73 Å². The molecule has 1 heterocycles. The van der Waals surface area contributed by atoms with Gasteiger partial charge in [-0.3, -0.25) is 0 Å². The predicted octanol–water partition coefficient (Wildman–Crippen LogP) is 2.74. The standard InChI is InChI=1S/C11H19NOS/c1-9-7-11(10(2)13-9)8-12-5-4-6-14-3/h7,12H,4-6,8H2,1-3H3. The van der Waals surface area contributed by atoms with Crippen LogP contribution in [0.1, 0.15) is 23.5 Å². The fourth-order valence-electron chi connectivity index (χ4n) is 1.42. The van der Waals surface area contributed by atoms with Crippen molar-refractivity contribution in [3.63, 3.8) is 0 Å². The fraction of sp³-hybridized carbons (Fsp3) is 0.636. The number of hydrogen-bond acceptors (Lipinski definition) is 3. The van der Waals surface area contributed by atoms with E-state index in [4.69, 9.17) is 4.42 Å². The van der Waals surface area contributed by atoms with Gasteiger partial charge in [-0.1, -0.05) is 0 Å². The van der Waals surface area contributed by atoms with Crippen LogP contribution in [0.3, 0.4) is 0 Å². The van der Waals surface area contributed by atoms with Crippen molar-refractivity contribution >= 4 is 11.8 Å². The fourth-order valence-corrected chi connectivity index (χ4v) is 1.86. The van der Waals surface area contributed by atoms with Gasteiger partial charge in [0.1, 0.15) is 11.5 Å². The molecule has 1 N–H and O–H groups in total. The quantitative estimate of drug-likeness (QED) is 0.736. The minimum Gasteiger partial charge on any atom is -0.466 e. The second-order valence-corrected chi connectivity index (χ2v) is 4.45. The normalized spacial score (nSPS) is 10.8. The molecular weight excluding hydrogens is 194 g/mol. The van der Waals surface area contributed by atoms with E-state index in [-0.39, 0.29) is 0 Å². The Morgan fingerprint density at radius 3 is 2.79 bits per heavy atom. The molecule has 0 unspecified atom stereocenters. The summed E-state index contributed by atoms with van der Waals surface area (Å²) in [5, 5.41) is 3.42. The van der Waals surface area contributed by atoms with Gasteiger partial charge in [-0.15, -0.1) is 0 Å². The average molecular weight is 213 g/mol. The van der Waals surface area contributed by atoms with Crippen molar-refractivity contribution in [2.75, 3.05) is 18.6 Å². The summed E-state index contributed by atoms with van der Waals surface area (Å²) in [6.07, 6.45) is 3.38. The van der Waals surface area contributed by atoms with Crippen molar-refractivity contribution in [3.05, 3.63) is 23.2 Å². The van der Waals surface area contributed by atoms with Crippen molar-refractivity contribution in [3.8, 4) is 0 Å². The molecule has 1 aromatic heterocycles. The third-order valence-corrected chi connectivity index (χ3v) is 2.86. The number of aryl methyl sites for hydroxylation is 2. The summed E-state index contributed by atoms with van der Waals surface area (Å²) in [6.45, 7) is 6.03. The smallest absolute Gasteiger partial charge is 0.105 e. The number of furan rings is 1. The van der Waals surface area contributed by atoms with Crippen LogP contribution >= 0.6 is 11.8 Å². The second-order valence-electron chi connectivity index (χ2n) is 3.46. The Hall–Kier alpha value is -0.410. The van der Waals surface area contributed by atoms with Crippen molar-refractivity contribution in [1.29, 1.82) is 0 Å². The van der Waals surface area contributed by atoms with Crippen LogP contribution in [0.5, 0.6) is 0 Å². The van der Waals surface area contributed by atoms with Gasteiger partial charge in [-0.05, 0) is 44.9 Å². The molecule has 0 atom stereocenters. The van der Waals surface area contributed by atoms with E-state index in [0.717, 1.165) is 24.6 Å². The third kappa shape index (κ3) is 3.76. The Bertz CT molecular complexity index is 270. The van der Waals surface area contributed by atoms with Crippen molar-refractivity contribution in [1.82, 2.24) is 5.32 Å². The van der Waals surface area contributed by atoms with Crippen LogP contribution in [0, 0.1) is 13.8 Å². The van der Waals surface area contributed by atoms with Crippen LogP contribution in [0.2, 0.25) is 0 Å². The lowest BCUT2D eigenvalue weighted by molar-refractivity contribution is 0.499. The van der Waals surface area contributed by atoms with Gasteiger partial charge in [0.2, 0.25) is 0 Å². The Morgan fingerprint density at radius 2 is 2.21 bits per heavy atom. The Labute approximate surface area is 90.5 Å². The van der Waals surface area contributed by atoms with E-state index >= 15 is 0 Å². The zero-order valence-electron chi connectivity index (χ0n) is 9.22. The van der Waals surface area contributed by atoms with Gasteiger partial charge in [0.25, 0.3) is 0 Å². The van der Waals surface area contributed by atoms with E-state index in [1.165, 1.54) is 17.7 Å². The highest BCUT2D eigenvalue weighted by molar-refractivity contribution is 7.98. The van der Waals surface area contributed by atoms with E-state index in [9.17, 15) is 0 Å². The van der Waals surface area contributed by atoms with E-state index in [0.29, 0.717) is 0 Å². The monoisotopic (exact) mass is 213 g/mol. The van der Waals surface area contributed by atoms with Crippen LogP contribution < -0.4 is 5.32 Å². The zero-order valence-corrected chi connectivity index (χ0v) is 10.0. The molecule has 14 heavy (non-hydrogen) atoms. The highest BCUT2D eigenvalue weighted by Crippen LogP contribution is 2.12. The molecule has 1 aromatic rings. The minimum atomic E-state index is 0.928. The SMILES string of the molecule is CSCCCNCc1cc(C)oc1C. The molecule has 0 radical (unpaired) electrons. The number of nitrogens with one attached hydrogen (secondary N) is 1. The maximum Gasteiger partial charge on any atom is 0.105 e. The van der Waals surface area contributed by atoms with Crippen LogP contribution in [-0.2, 0) is 6.54 Å². The predicted molar refractivity (Wildman–Crippen MR) is 62.9 cm³/mol. The van der Waals surface area contributed by atoms with Crippen LogP contribution in [0.15, 0.2) is 10.5 Å². The lowest BCUT2D eigenvalue weighted by Crippen LogP contribution is -2.15. The Kier molecular flexibility index (Phi) is 5.12. The first-order valence-corrected chi connectivity index (χ1v) is 6.39. The van der Waals surface area contributed by atoms with E-state index < -0.39 is 0 Å². The largest absolute Gasteiger partial charge is 0.466 e. The molecule has 0 aliphatic carbocycles. The van der Waals surface area contributed by atoms with Gasteiger partial charge in [-0.2, -0.15) is 11.8 Å². The summed E-state index contributed by atoms with van der Waals surface area (Å²) in [6, 6.07) is 2.11. The summed E-state index contributed by atoms with van der Waals surface area (Å²) in [5.41, 5.74) is 1.28. The van der Waals surface area contributed by atoms with E-state index in [1.54, 1.807) is 0 Å². The maximum absolute atomic E-state index is 5.45. The Balaban J connectivity index is 2.21. The van der Waals surface area contributed by atoms with Crippen molar-refractivity contribution < 1.29 is 4.42 Å². The molecule has 0 spiro atoms. The molecule has 0 aliphatic heterocycles. The first kappa shape index (κ1) is 11.7. The van der Waals surface area contributed by atoms with E-state index in [1.807, 2.05) is 25.6 Å². The number of hydrogen-bond donors (Lipinski definition) is 1. The number of thioether (sulfide) groups is 1. The molecular formula is C11H19NOS. The first-order chi connectivity index (χ1) is 6.74. The number of rotatable bonds is 6. The molecule has 0 aliphatic rings.